The molecule has 3 fully saturated rings. The summed E-state index contributed by atoms with van der Waals surface area (Å²) in [5, 5.41) is 19.1. The van der Waals surface area contributed by atoms with Crippen molar-refractivity contribution in [3.8, 4) is 17.2 Å². The molecule has 8 heteroatoms. The highest BCUT2D eigenvalue weighted by atomic mass is 16.2. The largest absolute Gasteiger partial charge is 0.370 e. The number of nitrogens with one attached hydrogen (secondary N) is 1. The van der Waals surface area contributed by atoms with Crippen molar-refractivity contribution in [3.63, 3.8) is 0 Å². The molecular weight excluding hydrogens is 486 g/mol. The number of carbonyl (C=O) groups excluding carboxylic acids is 1. The zero-order valence-corrected chi connectivity index (χ0v) is 23.2. The van der Waals surface area contributed by atoms with Crippen LogP contribution in [-0.4, -0.2) is 85.3 Å². The van der Waals surface area contributed by atoms with Gasteiger partial charge in [-0.2, -0.15) is 10.4 Å². The van der Waals surface area contributed by atoms with Crippen LogP contribution in [0.4, 0.5) is 11.4 Å². The van der Waals surface area contributed by atoms with Crippen LogP contribution >= 0.6 is 0 Å². The number of H-pyrrole nitrogens is 1. The summed E-state index contributed by atoms with van der Waals surface area (Å²) in [5.41, 5.74) is 7.12. The molecule has 0 bridgehead atoms. The van der Waals surface area contributed by atoms with E-state index in [1.165, 1.54) is 18.2 Å². The Kier molecular flexibility index (Phi) is 6.35. The number of likely N-dealkylation sites (tertiary alicyclic amines) is 1. The Morgan fingerprint density at radius 2 is 2.05 bits per heavy atom. The standard InChI is InChI=1S/C31H37N7O/c1-5-29(39)38-19-31(20-38)10-12-37(18-31)28-14-23(36-11-6-7-22(17-36)35(3)4)13-24(25(28)15-32)30-21(2)8-9-27-26(30)16-33-34-27/h5,8-9,13-14,16,22H,1,6-7,10-12,17-20H2,2-4H3,(H,33,34). The summed E-state index contributed by atoms with van der Waals surface area (Å²) in [6, 6.07) is 11.7. The number of carbonyl (C=O) groups is 1. The Balaban J connectivity index is 1.45. The van der Waals surface area contributed by atoms with Crippen molar-refractivity contribution in [2.24, 2.45) is 5.41 Å². The minimum absolute atomic E-state index is 0.00491. The third-order valence-electron chi connectivity index (χ3n) is 9.13. The third kappa shape index (κ3) is 4.35. The molecular formula is C31H37N7O. The van der Waals surface area contributed by atoms with Gasteiger partial charge in [0.2, 0.25) is 5.91 Å². The molecule has 3 aromatic rings. The molecule has 1 aromatic heterocycles. The zero-order valence-electron chi connectivity index (χ0n) is 23.2. The molecule has 1 atom stereocenters. The molecule has 1 spiro atoms. The van der Waals surface area contributed by atoms with E-state index in [-0.39, 0.29) is 11.3 Å². The Hall–Kier alpha value is -3.83. The number of aromatic amines is 1. The molecule has 0 aliphatic carbocycles. The van der Waals surface area contributed by atoms with E-state index < -0.39 is 0 Å². The average Bonchev–Trinajstić information content (AvgIpc) is 3.59. The van der Waals surface area contributed by atoms with Gasteiger partial charge in [0.15, 0.2) is 0 Å². The first kappa shape index (κ1) is 25.4. The van der Waals surface area contributed by atoms with E-state index in [0.29, 0.717) is 11.6 Å². The Labute approximate surface area is 230 Å². The van der Waals surface area contributed by atoms with Gasteiger partial charge >= 0.3 is 0 Å². The number of aromatic nitrogens is 2. The maximum Gasteiger partial charge on any atom is 0.245 e. The number of amides is 1. The summed E-state index contributed by atoms with van der Waals surface area (Å²) in [6.45, 7) is 11.0. The third-order valence-corrected chi connectivity index (χ3v) is 9.13. The van der Waals surface area contributed by atoms with Crippen molar-refractivity contribution >= 4 is 28.2 Å². The van der Waals surface area contributed by atoms with Crippen LogP contribution in [0, 0.1) is 23.7 Å². The molecule has 3 aliphatic rings. The summed E-state index contributed by atoms with van der Waals surface area (Å²) in [5.74, 6) is 0.00491. The predicted molar refractivity (Wildman–Crippen MR) is 156 cm³/mol. The molecule has 202 valence electrons. The summed E-state index contributed by atoms with van der Waals surface area (Å²) in [7, 11) is 4.32. The fourth-order valence-corrected chi connectivity index (χ4v) is 6.90. The Morgan fingerprint density at radius 1 is 1.23 bits per heavy atom. The van der Waals surface area contributed by atoms with Gasteiger partial charge in [0.25, 0.3) is 0 Å². The lowest BCUT2D eigenvalue weighted by Gasteiger charge is -2.47. The molecule has 3 saturated heterocycles. The lowest BCUT2D eigenvalue weighted by atomic mass is 9.79. The van der Waals surface area contributed by atoms with Crippen molar-refractivity contribution < 1.29 is 4.79 Å². The Morgan fingerprint density at radius 3 is 2.79 bits per heavy atom. The number of fused-ring (bicyclic) bond motifs is 1. The van der Waals surface area contributed by atoms with Gasteiger partial charge in [0.05, 0.1) is 23.0 Å². The first-order chi connectivity index (χ1) is 18.8. The van der Waals surface area contributed by atoms with E-state index in [0.717, 1.165) is 85.4 Å². The number of likely N-dealkylation sites (N-methyl/N-ethyl adjacent to an activating group) is 1. The first-order valence-electron chi connectivity index (χ1n) is 13.9. The van der Waals surface area contributed by atoms with Crippen LogP contribution in [0.15, 0.2) is 43.1 Å². The fourth-order valence-electron chi connectivity index (χ4n) is 6.90. The summed E-state index contributed by atoms with van der Waals surface area (Å²) >= 11 is 0. The molecule has 1 N–H and O–H groups in total. The molecule has 8 nitrogen and oxygen atoms in total. The number of hydrogen-bond acceptors (Lipinski definition) is 6. The highest BCUT2D eigenvalue weighted by Crippen LogP contribution is 2.46. The number of benzene rings is 2. The molecule has 0 radical (unpaired) electrons. The number of piperidine rings is 1. The molecule has 6 rings (SSSR count). The molecule has 2 aromatic carbocycles. The van der Waals surface area contributed by atoms with Gasteiger partial charge in [-0.1, -0.05) is 12.6 Å². The van der Waals surface area contributed by atoms with E-state index in [1.807, 2.05) is 11.1 Å². The van der Waals surface area contributed by atoms with Gasteiger partial charge in [-0.05, 0) is 75.7 Å². The molecule has 39 heavy (non-hydrogen) atoms. The number of aryl methyl sites for hydroxylation is 1. The van der Waals surface area contributed by atoms with E-state index in [1.54, 1.807) is 0 Å². The van der Waals surface area contributed by atoms with E-state index >= 15 is 0 Å². The predicted octanol–water partition coefficient (Wildman–Crippen LogP) is 4.17. The van der Waals surface area contributed by atoms with Crippen molar-refractivity contribution in [1.29, 1.82) is 5.26 Å². The van der Waals surface area contributed by atoms with Crippen LogP contribution < -0.4 is 9.80 Å². The minimum atomic E-state index is 0.00491. The normalized spacial score (nSPS) is 20.5. The molecule has 1 unspecified atom stereocenters. The fraction of sp³-hybridized carbons (Fsp3) is 0.452. The number of anilines is 2. The Bertz CT molecular complexity index is 1480. The van der Waals surface area contributed by atoms with Gasteiger partial charge < -0.3 is 19.6 Å². The average molecular weight is 524 g/mol. The van der Waals surface area contributed by atoms with Crippen LogP contribution in [0.5, 0.6) is 0 Å². The van der Waals surface area contributed by atoms with Crippen LogP contribution in [0.3, 0.4) is 0 Å². The zero-order chi connectivity index (χ0) is 27.3. The minimum Gasteiger partial charge on any atom is -0.370 e. The molecule has 4 heterocycles. The maximum absolute atomic E-state index is 12.1. The van der Waals surface area contributed by atoms with Crippen LogP contribution in [0.1, 0.15) is 30.4 Å². The number of hydrogen-bond donors (Lipinski definition) is 1. The van der Waals surface area contributed by atoms with Crippen molar-refractivity contribution in [2.75, 3.05) is 63.2 Å². The van der Waals surface area contributed by atoms with E-state index in [9.17, 15) is 10.1 Å². The number of nitrogens with zero attached hydrogens (tertiary/aromatic N) is 6. The smallest absolute Gasteiger partial charge is 0.245 e. The van der Waals surface area contributed by atoms with E-state index in [2.05, 4.69) is 82.8 Å². The molecule has 0 saturated carbocycles. The van der Waals surface area contributed by atoms with Crippen molar-refractivity contribution in [3.05, 3.63) is 54.2 Å². The quantitative estimate of drug-likeness (QED) is 0.506. The van der Waals surface area contributed by atoms with Gasteiger partial charge in [-0.3, -0.25) is 9.89 Å². The van der Waals surface area contributed by atoms with Gasteiger partial charge in [-0.15, -0.1) is 0 Å². The van der Waals surface area contributed by atoms with Crippen LogP contribution in [0.25, 0.3) is 22.0 Å². The van der Waals surface area contributed by atoms with Gasteiger partial charge in [0, 0.05) is 67.4 Å². The highest BCUT2D eigenvalue weighted by molar-refractivity contribution is 5.99. The highest BCUT2D eigenvalue weighted by Gasteiger charge is 2.49. The molecule has 3 aliphatic heterocycles. The lowest BCUT2D eigenvalue weighted by Crippen LogP contribution is -2.59. The summed E-state index contributed by atoms with van der Waals surface area (Å²) < 4.78 is 0. The second-order valence-corrected chi connectivity index (χ2v) is 11.9. The first-order valence-corrected chi connectivity index (χ1v) is 13.9. The SMILES string of the molecule is C=CC(=O)N1CC2(CCN(c3cc(N4CCCC(N(C)C)C4)cc(-c4c(C)ccc5[nH]ncc45)c3C#N)C2)C1. The van der Waals surface area contributed by atoms with E-state index in [4.69, 9.17) is 0 Å². The number of rotatable bonds is 5. The van der Waals surface area contributed by atoms with Gasteiger partial charge in [-0.25, -0.2) is 0 Å². The lowest BCUT2D eigenvalue weighted by molar-refractivity contribution is -0.136. The second kappa shape index (κ2) is 9.73. The summed E-state index contributed by atoms with van der Waals surface area (Å²) in [4.78, 5) is 21.2. The van der Waals surface area contributed by atoms with Crippen molar-refractivity contribution in [2.45, 2.75) is 32.2 Å². The van der Waals surface area contributed by atoms with Gasteiger partial charge in [0.1, 0.15) is 6.07 Å². The van der Waals surface area contributed by atoms with Crippen LogP contribution in [-0.2, 0) is 4.79 Å². The maximum atomic E-state index is 12.1. The topological polar surface area (TPSA) is 82.5 Å². The number of nitriles is 1. The summed E-state index contributed by atoms with van der Waals surface area (Å²) in [6.07, 6.45) is 6.63. The van der Waals surface area contributed by atoms with Crippen molar-refractivity contribution in [1.82, 2.24) is 20.0 Å². The molecule has 1 amide bonds. The monoisotopic (exact) mass is 523 g/mol. The van der Waals surface area contributed by atoms with Crippen LogP contribution in [0.2, 0.25) is 0 Å². The second-order valence-electron chi connectivity index (χ2n) is 11.9.